The minimum atomic E-state index is 0.246. The minimum absolute atomic E-state index is 0.246. The number of nitrogens with two attached hydrogens (primary N) is 1. The first-order chi connectivity index (χ1) is 8.74. The lowest BCUT2D eigenvalue weighted by molar-refractivity contribution is 0.0666. The fraction of sp³-hybridized carbons (Fsp3) is 1.00. The molecule has 0 spiro atoms. The maximum atomic E-state index is 6.04. The Bertz CT molecular complexity index is 158. The van der Waals surface area contributed by atoms with Gasteiger partial charge >= 0.3 is 0 Å². The second-order valence-electron chi connectivity index (χ2n) is 5.76. The van der Waals surface area contributed by atoms with Crippen LogP contribution in [-0.4, -0.2) is 20.3 Å². The molecule has 0 aromatic heterocycles. The summed E-state index contributed by atoms with van der Waals surface area (Å²) in [5, 5.41) is 0. The Morgan fingerprint density at radius 3 is 1.67 bits per heavy atom. The molecule has 0 atom stereocenters. The molecule has 0 rings (SSSR count). The third-order valence-electron chi connectivity index (χ3n) is 4.00. The van der Waals surface area contributed by atoms with E-state index in [0.29, 0.717) is 0 Å². The zero-order chi connectivity index (χ0) is 13.7. The molecule has 2 heteroatoms. The van der Waals surface area contributed by atoms with Gasteiger partial charge in [0.2, 0.25) is 0 Å². The SMILES string of the molecule is CCCCCCC(CN)(CCCCCC)COC. The van der Waals surface area contributed by atoms with Crippen LogP contribution >= 0.6 is 0 Å². The van der Waals surface area contributed by atoms with Crippen LogP contribution < -0.4 is 5.73 Å². The second kappa shape index (κ2) is 12.0. The lowest BCUT2D eigenvalue weighted by Gasteiger charge is -2.32. The summed E-state index contributed by atoms with van der Waals surface area (Å²) in [7, 11) is 1.81. The van der Waals surface area contributed by atoms with Gasteiger partial charge in [-0.05, 0) is 12.8 Å². The highest BCUT2D eigenvalue weighted by Crippen LogP contribution is 2.31. The van der Waals surface area contributed by atoms with E-state index in [9.17, 15) is 0 Å². The van der Waals surface area contributed by atoms with E-state index in [0.717, 1.165) is 13.2 Å². The van der Waals surface area contributed by atoms with Crippen LogP contribution in [0.3, 0.4) is 0 Å². The molecule has 0 fully saturated rings. The molecular formula is C16H35NO. The molecule has 0 aromatic carbocycles. The van der Waals surface area contributed by atoms with Crippen molar-refractivity contribution in [1.82, 2.24) is 0 Å². The van der Waals surface area contributed by atoms with Crippen LogP contribution in [0.25, 0.3) is 0 Å². The lowest BCUT2D eigenvalue weighted by atomic mass is 9.78. The van der Waals surface area contributed by atoms with Crippen LogP contribution in [0.2, 0.25) is 0 Å². The number of unbranched alkanes of at least 4 members (excludes halogenated alkanes) is 6. The molecule has 2 nitrogen and oxygen atoms in total. The third-order valence-corrected chi connectivity index (χ3v) is 4.00. The number of hydrogen-bond acceptors (Lipinski definition) is 2. The summed E-state index contributed by atoms with van der Waals surface area (Å²) in [4.78, 5) is 0. The zero-order valence-electron chi connectivity index (χ0n) is 13.0. The molecule has 0 saturated carbocycles. The first kappa shape index (κ1) is 17.9. The Morgan fingerprint density at radius 1 is 0.833 bits per heavy atom. The van der Waals surface area contributed by atoms with Crippen LogP contribution in [0.1, 0.15) is 78.1 Å². The average Bonchev–Trinajstić information content (AvgIpc) is 2.39. The molecule has 0 bridgehead atoms. The molecule has 2 N–H and O–H groups in total. The Balaban J connectivity index is 4.05. The zero-order valence-corrected chi connectivity index (χ0v) is 13.0. The van der Waals surface area contributed by atoms with Crippen molar-refractivity contribution >= 4 is 0 Å². The molecule has 0 radical (unpaired) electrons. The molecule has 0 unspecified atom stereocenters. The smallest absolute Gasteiger partial charge is 0.0530 e. The third kappa shape index (κ3) is 8.10. The first-order valence-electron chi connectivity index (χ1n) is 7.93. The van der Waals surface area contributed by atoms with Gasteiger partial charge in [0.25, 0.3) is 0 Å². The summed E-state index contributed by atoms with van der Waals surface area (Å²) in [5.74, 6) is 0. The van der Waals surface area contributed by atoms with Crippen molar-refractivity contribution in [2.24, 2.45) is 11.1 Å². The molecule has 0 aromatic rings. The Kier molecular flexibility index (Phi) is 11.9. The number of hydrogen-bond donors (Lipinski definition) is 1. The highest BCUT2D eigenvalue weighted by molar-refractivity contribution is 4.80. The Hall–Kier alpha value is -0.0800. The molecule has 0 heterocycles. The van der Waals surface area contributed by atoms with Crippen LogP contribution in [0, 0.1) is 5.41 Å². The van der Waals surface area contributed by atoms with E-state index >= 15 is 0 Å². The monoisotopic (exact) mass is 257 g/mol. The van der Waals surface area contributed by atoms with E-state index < -0.39 is 0 Å². The van der Waals surface area contributed by atoms with Crippen molar-refractivity contribution in [2.75, 3.05) is 20.3 Å². The first-order valence-corrected chi connectivity index (χ1v) is 7.93. The van der Waals surface area contributed by atoms with Crippen molar-refractivity contribution in [3.05, 3.63) is 0 Å². The molecular weight excluding hydrogens is 222 g/mol. The predicted octanol–water partition coefficient (Wildman–Crippen LogP) is 4.52. The van der Waals surface area contributed by atoms with Gasteiger partial charge in [-0.2, -0.15) is 0 Å². The molecule has 0 aliphatic carbocycles. The fourth-order valence-corrected chi connectivity index (χ4v) is 2.69. The van der Waals surface area contributed by atoms with E-state index in [1.165, 1.54) is 64.2 Å². The van der Waals surface area contributed by atoms with Crippen molar-refractivity contribution in [1.29, 1.82) is 0 Å². The van der Waals surface area contributed by atoms with Gasteiger partial charge in [-0.1, -0.05) is 65.2 Å². The average molecular weight is 257 g/mol. The van der Waals surface area contributed by atoms with Crippen LogP contribution in [-0.2, 0) is 4.74 Å². The van der Waals surface area contributed by atoms with Gasteiger partial charge in [0.1, 0.15) is 0 Å². The van der Waals surface area contributed by atoms with Crippen LogP contribution in [0.4, 0.5) is 0 Å². The number of ether oxygens (including phenoxy) is 1. The highest BCUT2D eigenvalue weighted by Gasteiger charge is 2.27. The lowest BCUT2D eigenvalue weighted by Crippen LogP contribution is -2.35. The fourth-order valence-electron chi connectivity index (χ4n) is 2.69. The van der Waals surface area contributed by atoms with E-state index in [1.807, 2.05) is 7.11 Å². The maximum Gasteiger partial charge on any atom is 0.0530 e. The van der Waals surface area contributed by atoms with Gasteiger partial charge in [-0.15, -0.1) is 0 Å². The summed E-state index contributed by atoms with van der Waals surface area (Å²) in [6.07, 6.45) is 13.1. The minimum Gasteiger partial charge on any atom is -0.384 e. The highest BCUT2D eigenvalue weighted by atomic mass is 16.5. The quantitative estimate of drug-likeness (QED) is 0.492. The van der Waals surface area contributed by atoms with Gasteiger partial charge in [0.05, 0.1) is 6.61 Å². The Labute approximate surface area is 115 Å². The van der Waals surface area contributed by atoms with E-state index in [2.05, 4.69) is 13.8 Å². The summed E-state index contributed by atoms with van der Waals surface area (Å²) >= 11 is 0. The van der Waals surface area contributed by atoms with E-state index in [4.69, 9.17) is 10.5 Å². The van der Waals surface area contributed by atoms with E-state index in [1.54, 1.807) is 0 Å². The molecule has 0 saturated heterocycles. The summed E-state index contributed by atoms with van der Waals surface area (Å²) < 4.78 is 5.43. The number of rotatable bonds is 13. The van der Waals surface area contributed by atoms with Gasteiger partial charge in [-0.3, -0.25) is 0 Å². The molecule has 0 aliphatic heterocycles. The molecule has 0 amide bonds. The van der Waals surface area contributed by atoms with Crippen LogP contribution in [0.15, 0.2) is 0 Å². The molecule has 0 aliphatic rings. The topological polar surface area (TPSA) is 35.2 Å². The largest absolute Gasteiger partial charge is 0.384 e. The van der Waals surface area contributed by atoms with Crippen molar-refractivity contribution in [3.8, 4) is 0 Å². The second-order valence-corrected chi connectivity index (χ2v) is 5.76. The Morgan fingerprint density at radius 2 is 1.33 bits per heavy atom. The summed E-state index contributed by atoms with van der Waals surface area (Å²) in [6.45, 7) is 6.13. The molecule has 18 heavy (non-hydrogen) atoms. The number of methoxy groups -OCH3 is 1. The van der Waals surface area contributed by atoms with Gasteiger partial charge < -0.3 is 10.5 Å². The molecule has 110 valence electrons. The van der Waals surface area contributed by atoms with Gasteiger partial charge in [0.15, 0.2) is 0 Å². The maximum absolute atomic E-state index is 6.04. The normalized spacial score (nSPS) is 12.0. The van der Waals surface area contributed by atoms with Crippen molar-refractivity contribution in [3.63, 3.8) is 0 Å². The van der Waals surface area contributed by atoms with Crippen molar-refractivity contribution < 1.29 is 4.74 Å². The van der Waals surface area contributed by atoms with Gasteiger partial charge in [-0.25, -0.2) is 0 Å². The van der Waals surface area contributed by atoms with Gasteiger partial charge in [0, 0.05) is 19.1 Å². The van der Waals surface area contributed by atoms with Crippen molar-refractivity contribution in [2.45, 2.75) is 78.1 Å². The summed E-state index contributed by atoms with van der Waals surface area (Å²) in [6, 6.07) is 0. The van der Waals surface area contributed by atoms with Crippen LogP contribution in [0.5, 0.6) is 0 Å². The summed E-state index contributed by atoms with van der Waals surface area (Å²) in [5.41, 5.74) is 6.29. The standard InChI is InChI=1S/C16H35NO/c1-4-6-8-10-12-16(14-17,15-18-3)13-11-9-7-5-2/h4-15,17H2,1-3H3. The van der Waals surface area contributed by atoms with E-state index in [-0.39, 0.29) is 5.41 Å². The predicted molar refractivity (Wildman–Crippen MR) is 80.9 cm³/mol.